The molecule has 116 valence electrons. The van der Waals surface area contributed by atoms with E-state index in [9.17, 15) is 4.79 Å². The summed E-state index contributed by atoms with van der Waals surface area (Å²) < 4.78 is 5.66. The van der Waals surface area contributed by atoms with Gasteiger partial charge in [-0.1, -0.05) is 26.0 Å². The first-order valence-corrected chi connectivity index (χ1v) is 8.01. The van der Waals surface area contributed by atoms with E-state index in [0.717, 1.165) is 43.8 Å². The van der Waals surface area contributed by atoms with E-state index in [1.165, 1.54) is 0 Å². The summed E-state index contributed by atoms with van der Waals surface area (Å²) in [7, 11) is 0. The van der Waals surface area contributed by atoms with Crippen LogP contribution in [0.25, 0.3) is 0 Å². The van der Waals surface area contributed by atoms with Crippen LogP contribution >= 0.6 is 0 Å². The van der Waals surface area contributed by atoms with Crippen molar-refractivity contribution in [2.24, 2.45) is 0 Å². The van der Waals surface area contributed by atoms with Gasteiger partial charge in [0.1, 0.15) is 5.75 Å². The molecule has 4 heteroatoms. The lowest BCUT2D eigenvalue weighted by molar-refractivity contribution is -0.118. The highest BCUT2D eigenvalue weighted by atomic mass is 16.5. The standard InChI is InChI=1S/C17H26N2O2/c1-3-14(18-4-2)8-7-12-19-15-9-5-6-10-16(15)21-13-11-17(19)20/h5-6,9-10,14,18H,3-4,7-8,11-13H2,1-2H3. The van der Waals surface area contributed by atoms with Crippen LogP contribution in [0.15, 0.2) is 24.3 Å². The fourth-order valence-corrected chi connectivity index (χ4v) is 2.80. The molecule has 21 heavy (non-hydrogen) atoms. The Labute approximate surface area is 127 Å². The molecule has 1 heterocycles. The summed E-state index contributed by atoms with van der Waals surface area (Å²) >= 11 is 0. The van der Waals surface area contributed by atoms with Gasteiger partial charge in [-0.3, -0.25) is 4.79 Å². The molecular formula is C17H26N2O2. The Morgan fingerprint density at radius 2 is 2.14 bits per heavy atom. The summed E-state index contributed by atoms with van der Waals surface area (Å²) in [6.45, 7) is 6.57. The molecule has 1 aliphatic heterocycles. The minimum absolute atomic E-state index is 0.163. The lowest BCUT2D eigenvalue weighted by atomic mass is 10.1. The van der Waals surface area contributed by atoms with Crippen molar-refractivity contribution in [3.63, 3.8) is 0 Å². The number of rotatable bonds is 7. The Hall–Kier alpha value is -1.55. The van der Waals surface area contributed by atoms with Gasteiger partial charge in [-0.15, -0.1) is 0 Å². The highest BCUT2D eigenvalue weighted by Gasteiger charge is 2.22. The van der Waals surface area contributed by atoms with Gasteiger partial charge in [0, 0.05) is 12.6 Å². The zero-order valence-electron chi connectivity index (χ0n) is 13.1. The summed E-state index contributed by atoms with van der Waals surface area (Å²) in [5, 5.41) is 3.48. The maximum absolute atomic E-state index is 12.3. The predicted octanol–water partition coefficient (Wildman–Crippen LogP) is 2.97. The Balaban J connectivity index is 1.99. The van der Waals surface area contributed by atoms with Gasteiger partial charge in [0.05, 0.1) is 18.7 Å². The van der Waals surface area contributed by atoms with Crippen LogP contribution in [0.4, 0.5) is 5.69 Å². The molecule has 1 atom stereocenters. The van der Waals surface area contributed by atoms with E-state index in [4.69, 9.17) is 4.74 Å². The van der Waals surface area contributed by atoms with E-state index in [-0.39, 0.29) is 5.91 Å². The van der Waals surface area contributed by atoms with Crippen molar-refractivity contribution in [1.29, 1.82) is 0 Å². The highest BCUT2D eigenvalue weighted by Crippen LogP contribution is 2.31. The van der Waals surface area contributed by atoms with E-state index in [0.29, 0.717) is 19.1 Å². The number of amides is 1. The second-order valence-electron chi connectivity index (χ2n) is 5.42. The molecule has 4 nitrogen and oxygen atoms in total. The lowest BCUT2D eigenvalue weighted by Gasteiger charge is -2.23. The fraction of sp³-hybridized carbons (Fsp3) is 0.588. The van der Waals surface area contributed by atoms with E-state index < -0.39 is 0 Å². The molecule has 1 N–H and O–H groups in total. The minimum Gasteiger partial charge on any atom is -0.491 e. The number of para-hydroxylation sites is 2. The first-order chi connectivity index (χ1) is 10.3. The summed E-state index contributed by atoms with van der Waals surface area (Å²) in [4.78, 5) is 14.2. The number of anilines is 1. The topological polar surface area (TPSA) is 41.6 Å². The van der Waals surface area contributed by atoms with Crippen LogP contribution in [0.3, 0.4) is 0 Å². The van der Waals surface area contributed by atoms with Gasteiger partial charge in [0.15, 0.2) is 0 Å². The minimum atomic E-state index is 0.163. The van der Waals surface area contributed by atoms with Gasteiger partial charge in [0.25, 0.3) is 0 Å². The summed E-state index contributed by atoms with van der Waals surface area (Å²) in [5.74, 6) is 0.985. The lowest BCUT2D eigenvalue weighted by Crippen LogP contribution is -2.33. The Morgan fingerprint density at radius 1 is 1.33 bits per heavy atom. The second-order valence-corrected chi connectivity index (χ2v) is 5.42. The van der Waals surface area contributed by atoms with Crippen LogP contribution < -0.4 is 15.0 Å². The van der Waals surface area contributed by atoms with E-state index in [1.807, 2.05) is 29.2 Å². The van der Waals surface area contributed by atoms with E-state index in [1.54, 1.807) is 0 Å². The molecule has 2 rings (SSSR count). The van der Waals surface area contributed by atoms with E-state index in [2.05, 4.69) is 19.2 Å². The molecule has 0 radical (unpaired) electrons. The smallest absolute Gasteiger partial charge is 0.230 e. The molecule has 0 saturated carbocycles. The van der Waals surface area contributed by atoms with Crippen molar-refractivity contribution in [3.05, 3.63) is 24.3 Å². The van der Waals surface area contributed by atoms with Gasteiger partial charge in [0.2, 0.25) is 5.91 Å². The summed E-state index contributed by atoms with van der Waals surface area (Å²) in [6, 6.07) is 8.37. The number of nitrogens with one attached hydrogen (secondary N) is 1. The van der Waals surface area contributed by atoms with Gasteiger partial charge >= 0.3 is 0 Å². The number of benzene rings is 1. The fourth-order valence-electron chi connectivity index (χ4n) is 2.80. The van der Waals surface area contributed by atoms with Crippen LogP contribution in [0.1, 0.15) is 39.5 Å². The zero-order valence-corrected chi connectivity index (χ0v) is 13.1. The molecule has 0 saturated heterocycles. The number of carbonyl (C=O) groups is 1. The van der Waals surface area contributed by atoms with Crippen LogP contribution in [0, 0.1) is 0 Å². The maximum atomic E-state index is 12.3. The average Bonchev–Trinajstić information content (AvgIpc) is 2.66. The third-order valence-corrected chi connectivity index (χ3v) is 3.95. The van der Waals surface area contributed by atoms with Crippen LogP contribution in [0.5, 0.6) is 5.75 Å². The Kier molecular flexibility index (Phi) is 6.05. The highest BCUT2D eigenvalue weighted by molar-refractivity contribution is 5.95. The molecule has 1 unspecified atom stereocenters. The van der Waals surface area contributed by atoms with Crippen LogP contribution in [-0.2, 0) is 4.79 Å². The van der Waals surface area contributed by atoms with Crippen molar-refractivity contribution in [2.45, 2.75) is 45.6 Å². The SMILES string of the molecule is CCNC(CC)CCCN1C(=O)CCOc2ccccc21. The number of fused-ring (bicyclic) bond motifs is 1. The van der Waals surface area contributed by atoms with Gasteiger partial charge in [-0.25, -0.2) is 0 Å². The first-order valence-electron chi connectivity index (χ1n) is 8.01. The summed E-state index contributed by atoms with van der Waals surface area (Å²) in [5.41, 5.74) is 0.913. The second kappa shape index (κ2) is 8.03. The molecule has 0 spiro atoms. The molecule has 1 amide bonds. The first kappa shape index (κ1) is 15.8. The monoisotopic (exact) mass is 290 g/mol. The number of hydrogen-bond donors (Lipinski definition) is 1. The van der Waals surface area contributed by atoms with Crippen molar-refractivity contribution >= 4 is 11.6 Å². The summed E-state index contributed by atoms with van der Waals surface area (Å²) in [6.07, 6.45) is 3.68. The Morgan fingerprint density at radius 3 is 2.90 bits per heavy atom. The predicted molar refractivity (Wildman–Crippen MR) is 85.9 cm³/mol. The molecule has 0 bridgehead atoms. The van der Waals surface area contributed by atoms with Gasteiger partial charge in [-0.05, 0) is 37.9 Å². The molecule has 0 aliphatic carbocycles. The third-order valence-electron chi connectivity index (χ3n) is 3.95. The van der Waals surface area contributed by atoms with Crippen molar-refractivity contribution < 1.29 is 9.53 Å². The van der Waals surface area contributed by atoms with Crippen LogP contribution in [-0.4, -0.2) is 31.6 Å². The number of ether oxygens (including phenoxy) is 1. The molecule has 1 aromatic carbocycles. The maximum Gasteiger partial charge on any atom is 0.230 e. The third kappa shape index (κ3) is 4.21. The van der Waals surface area contributed by atoms with Crippen molar-refractivity contribution in [3.8, 4) is 5.75 Å². The van der Waals surface area contributed by atoms with E-state index >= 15 is 0 Å². The normalized spacial score (nSPS) is 16.1. The molecule has 0 fully saturated rings. The molecular weight excluding hydrogens is 264 g/mol. The van der Waals surface area contributed by atoms with Gasteiger partial charge in [-0.2, -0.15) is 0 Å². The number of nitrogens with zero attached hydrogens (tertiary/aromatic N) is 1. The largest absolute Gasteiger partial charge is 0.491 e. The van der Waals surface area contributed by atoms with Crippen molar-refractivity contribution in [2.75, 3.05) is 24.6 Å². The quantitative estimate of drug-likeness (QED) is 0.839. The molecule has 0 aromatic heterocycles. The van der Waals surface area contributed by atoms with Gasteiger partial charge < -0.3 is 15.0 Å². The Bertz CT molecular complexity index is 462. The van der Waals surface area contributed by atoms with Crippen molar-refractivity contribution in [1.82, 2.24) is 5.32 Å². The molecule has 1 aliphatic rings. The zero-order chi connectivity index (χ0) is 15.1. The average molecular weight is 290 g/mol. The van der Waals surface area contributed by atoms with Crippen LogP contribution in [0.2, 0.25) is 0 Å². The molecule has 1 aromatic rings. The number of carbonyl (C=O) groups excluding carboxylic acids is 1. The number of hydrogen-bond acceptors (Lipinski definition) is 3.